The lowest BCUT2D eigenvalue weighted by atomic mass is 9.97. The van der Waals surface area contributed by atoms with Crippen LogP contribution in [0.4, 0.5) is 22.7 Å². The van der Waals surface area contributed by atoms with Crippen LogP contribution in [0.15, 0.2) is 78.9 Å². The molecule has 0 saturated carbocycles. The molecule has 0 atom stereocenters. The quantitative estimate of drug-likeness (QED) is 0.213. The number of methoxy groups -OCH3 is 1. The Balaban J connectivity index is 1.67. The zero-order valence-corrected chi connectivity index (χ0v) is 24.7. The summed E-state index contributed by atoms with van der Waals surface area (Å²) in [4.78, 5) is 4.75. The van der Waals surface area contributed by atoms with Crippen molar-refractivity contribution in [2.75, 3.05) is 30.0 Å². The minimum Gasteiger partial charge on any atom is -0.494 e. The third kappa shape index (κ3) is 5.08. The van der Waals surface area contributed by atoms with Crippen molar-refractivity contribution < 1.29 is 14.2 Å². The molecule has 1 heterocycles. The summed E-state index contributed by atoms with van der Waals surface area (Å²) in [6.45, 7) is 14.2. The van der Waals surface area contributed by atoms with E-state index in [2.05, 4.69) is 106 Å². The van der Waals surface area contributed by atoms with Crippen LogP contribution in [-0.4, -0.2) is 32.4 Å². The van der Waals surface area contributed by atoms with Crippen LogP contribution in [0.5, 0.6) is 17.2 Å². The van der Waals surface area contributed by atoms with Gasteiger partial charge in [0.2, 0.25) is 0 Å². The van der Waals surface area contributed by atoms with Gasteiger partial charge in [-0.1, -0.05) is 42.5 Å². The molecule has 5 heteroatoms. The molecule has 0 amide bonds. The molecule has 0 N–H and O–H groups in total. The molecule has 40 heavy (non-hydrogen) atoms. The molecule has 1 aliphatic rings. The topological polar surface area (TPSA) is 34.2 Å². The number of benzene rings is 4. The van der Waals surface area contributed by atoms with Gasteiger partial charge in [-0.3, -0.25) is 0 Å². The Labute approximate surface area is 238 Å². The van der Waals surface area contributed by atoms with E-state index in [1.165, 1.54) is 5.69 Å². The van der Waals surface area contributed by atoms with Gasteiger partial charge in [0.05, 0.1) is 36.4 Å². The van der Waals surface area contributed by atoms with Crippen LogP contribution in [0, 0.1) is 0 Å². The van der Waals surface area contributed by atoms with Crippen molar-refractivity contribution in [1.82, 2.24) is 0 Å². The number of fused-ring (bicyclic) bond motifs is 2. The van der Waals surface area contributed by atoms with Gasteiger partial charge in [-0.25, -0.2) is 0 Å². The Bertz CT molecular complexity index is 1490. The number of ether oxygens (including phenoxy) is 3. The van der Waals surface area contributed by atoms with E-state index in [0.717, 1.165) is 69.7 Å². The summed E-state index contributed by atoms with van der Waals surface area (Å²) in [6.07, 6.45) is 0.184. The van der Waals surface area contributed by atoms with Gasteiger partial charge in [-0.15, -0.1) is 0 Å². The zero-order chi connectivity index (χ0) is 28.4. The van der Waals surface area contributed by atoms with Gasteiger partial charge in [-0.05, 0) is 89.1 Å². The third-order valence-electron chi connectivity index (χ3n) is 7.15. The average molecular weight is 537 g/mol. The van der Waals surface area contributed by atoms with Gasteiger partial charge in [0, 0.05) is 24.2 Å². The number of nitrogens with zero attached hydrogens (tertiary/aromatic N) is 2. The van der Waals surface area contributed by atoms with Crippen LogP contribution in [0.1, 0.15) is 41.5 Å². The fourth-order valence-corrected chi connectivity index (χ4v) is 5.56. The molecule has 5 rings (SSSR count). The molecule has 0 aliphatic carbocycles. The predicted octanol–water partition coefficient (Wildman–Crippen LogP) is 9.23. The summed E-state index contributed by atoms with van der Waals surface area (Å²) in [5.41, 5.74) is 8.88. The van der Waals surface area contributed by atoms with E-state index in [4.69, 9.17) is 14.2 Å². The van der Waals surface area contributed by atoms with Crippen molar-refractivity contribution in [3.05, 3.63) is 78.9 Å². The lowest BCUT2D eigenvalue weighted by Gasteiger charge is -2.41. The molecule has 0 bridgehead atoms. The van der Waals surface area contributed by atoms with E-state index < -0.39 is 0 Å². The smallest absolute Gasteiger partial charge is 0.145 e. The highest BCUT2D eigenvalue weighted by Crippen LogP contribution is 2.54. The molecule has 0 saturated heterocycles. The van der Waals surface area contributed by atoms with Crippen LogP contribution in [-0.2, 0) is 0 Å². The van der Waals surface area contributed by atoms with E-state index in [1.807, 2.05) is 24.3 Å². The number of para-hydroxylation sites is 2. The van der Waals surface area contributed by atoms with Gasteiger partial charge in [0.15, 0.2) is 0 Å². The van der Waals surface area contributed by atoms with E-state index >= 15 is 0 Å². The van der Waals surface area contributed by atoms with Gasteiger partial charge < -0.3 is 24.0 Å². The second-order valence-electron chi connectivity index (χ2n) is 10.6. The van der Waals surface area contributed by atoms with Crippen molar-refractivity contribution in [2.24, 2.45) is 0 Å². The molecule has 1 aliphatic heterocycles. The molecule has 5 nitrogen and oxygen atoms in total. The highest BCUT2D eigenvalue weighted by molar-refractivity contribution is 5.99. The van der Waals surface area contributed by atoms with Gasteiger partial charge >= 0.3 is 0 Å². The van der Waals surface area contributed by atoms with Gasteiger partial charge in [-0.2, -0.15) is 0 Å². The number of anilines is 4. The second-order valence-corrected chi connectivity index (χ2v) is 10.6. The monoisotopic (exact) mass is 536 g/mol. The van der Waals surface area contributed by atoms with Crippen molar-refractivity contribution >= 4 is 22.7 Å². The summed E-state index contributed by atoms with van der Waals surface area (Å²) in [7, 11) is 1.76. The third-order valence-corrected chi connectivity index (χ3v) is 7.15. The Morgan fingerprint density at radius 3 is 1.68 bits per heavy atom. The van der Waals surface area contributed by atoms with E-state index in [0.29, 0.717) is 0 Å². The second kappa shape index (κ2) is 11.5. The first-order valence-electron chi connectivity index (χ1n) is 14.3. The molecule has 0 spiro atoms. The maximum atomic E-state index is 6.18. The van der Waals surface area contributed by atoms with E-state index in [9.17, 15) is 0 Å². The normalized spacial score (nSPS) is 12.4. The molecule has 0 unspecified atom stereocenters. The molecule has 208 valence electrons. The molecule has 0 aromatic heterocycles. The summed E-state index contributed by atoms with van der Waals surface area (Å²) in [5.74, 6) is 2.61. The molecule has 4 aromatic rings. The largest absolute Gasteiger partial charge is 0.494 e. The van der Waals surface area contributed by atoms with Crippen LogP contribution < -0.4 is 24.0 Å². The summed E-state index contributed by atoms with van der Waals surface area (Å²) in [6, 6.07) is 27.6. The number of rotatable bonds is 9. The van der Waals surface area contributed by atoms with Crippen molar-refractivity contribution in [1.29, 1.82) is 0 Å². The number of hydrogen-bond donors (Lipinski definition) is 0. The van der Waals surface area contributed by atoms with E-state index in [1.54, 1.807) is 7.11 Å². The lowest BCUT2D eigenvalue weighted by Crippen LogP contribution is -2.30. The first kappa shape index (κ1) is 27.4. The van der Waals surface area contributed by atoms with Crippen molar-refractivity contribution in [2.45, 2.75) is 53.8 Å². The maximum absolute atomic E-state index is 6.18. The minimum absolute atomic E-state index is 0.0838. The minimum atomic E-state index is 0.0838. The summed E-state index contributed by atoms with van der Waals surface area (Å²) >= 11 is 0. The zero-order valence-electron chi connectivity index (χ0n) is 24.7. The molecular weight excluding hydrogens is 496 g/mol. The van der Waals surface area contributed by atoms with Crippen LogP contribution >= 0.6 is 0 Å². The molecule has 4 aromatic carbocycles. The first-order valence-corrected chi connectivity index (χ1v) is 14.3. The number of hydrogen-bond acceptors (Lipinski definition) is 5. The molecule has 0 fully saturated rings. The average Bonchev–Trinajstić information content (AvgIpc) is 2.95. The predicted molar refractivity (Wildman–Crippen MR) is 167 cm³/mol. The van der Waals surface area contributed by atoms with Crippen LogP contribution in [0.3, 0.4) is 0 Å². The van der Waals surface area contributed by atoms with Crippen molar-refractivity contribution in [3.8, 4) is 39.5 Å². The highest BCUT2D eigenvalue weighted by atomic mass is 16.5. The van der Waals surface area contributed by atoms with Crippen LogP contribution in [0.2, 0.25) is 0 Å². The van der Waals surface area contributed by atoms with Crippen molar-refractivity contribution in [3.63, 3.8) is 0 Å². The van der Waals surface area contributed by atoms with Gasteiger partial charge in [0.25, 0.3) is 0 Å². The van der Waals surface area contributed by atoms with E-state index in [-0.39, 0.29) is 12.2 Å². The highest BCUT2D eigenvalue weighted by Gasteiger charge is 2.31. The Hall–Kier alpha value is -4.12. The van der Waals surface area contributed by atoms with Gasteiger partial charge in [0.1, 0.15) is 22.9 Å². The van der Waals surface area contributed by atoms with Crippen LogP contribution in [0.25, 0.3) is 22.3 Å². The fraction of sp³-hybridized carbons (Fsp3) is 0.314. The standard InChI is InChI=1S/C35H40N2O3/c1-8-36-29-19-18-25(27-14-10-12-16-32(27)39-23(3)4)20-30(29)37(9-2)35-31(36)21-26(22-34(35)38-7)28-15-11-13-17-33(28)40-24(5)6/h10-24H,8-9H2,1-7H3. The Kier molecular flexibility index (Phi) is 7.92. The summed E-state index contributed by atoms with van der Waals surface area (Å²) < 4.78 is 18.4. The SMILES string of the molecule is CCN1c2ccc(-c3ccccc3OC(C)C)cc2N(CC)c2c(OC)cc(-c3ccccc3OC(C)C)cc21. The Morgan fingerprint density at radius 2 is 1.12 bits per heavy atom. The first-order chi connectivity index (χ1) is 19.4. The lowest BCUT2D eigenvalue weighted by molar-refractivity contribution is 0.243. The maximum Gasteiger partial charge on any atom is 0.145 e. The fourth-order valence-electron chi connectivity index (χ4n) is 5.56. The Morgan fingerprint density at radius 1 is 0.575 bits per heavy atom. The molecule has 0 radical (unpaired) electrons. The molecular formula is C35H40N2O3. The summed E-state index contributed by atoms with van der Waals surface area (Å²) in [5, 5.41) is 0.